The summed E-state index contributed by atoms with van der Waals surface area (Å²) in [4.78, 5) is 3.94. The summed E-state index contributed by atoms with van der Waals surface area (Å²) in [5, 5.41) is 26.3. The van der Waals surface area contributed by atoms with Gasteiger partial charge in [-0.05, 0) is 23.8 Å². The van der Waals surface area contributed by atoms with Gasteiger partial charge in [0.25, 0.3) is 0 Å². The van der Waals surface area contributed by atoms with E-state index in [2.05, 4.69) is 26.0 Å². The molecule has 0 saturated carbocycles. The molecule has 2 N–H and O–H groups in total. The van der Waals surface area contributed by atoms with Gasteiger partial charge in [-0.1, -0.05) is 46.3 Å². The summed E-state index contributed by atoms with van der Waals surface area (Å²) >= 11 is 3.42. The minimum atomic E-state index is -1.31. The van der Waals surface area contributed by atoms with E-state index in [0.717, 1.165) is 4.47 Å². The smallest absolute Gasteiger partial charge is 0.188 e. The lowest BCUT2D eigenvalue weighted by Gasteiger charge is -2.36. The van der Waals surface area contributed by atoms with Gasteiger partial charge in [-0.3, -0.25) is 0 Å². The van der Waals surface area contributed by atoms with Gasteiger partial charge < -0.3 is 14.9 Å². The third-order valence-electron chi connectivity index (χ3n) is 4.48. The minimum absolute atomic E-state index is 0.149. The number of aliphatic hydroxyl groups excluding tert-OH is 2. The van der Waals surface area contributed by atoms with Crippen LogP contribution in [0.25, 0.3) is 0 Å². The van der Waals surface area contributed by atoms with E-state index < -0.39 is 17.8 Å². The molecule has 4 rings (SSSR count). The summed E-state index contributed by atoms with van der Waals surface area (Å²) in [5.74, 6) is 0.547. The molecule has 0 saturated heterocycles. The SMILES string of the molecule is O[C@@H](c1ccccc1)[C@@]1(Cn2cncn2)Oc2ccc(Br)cc2[C@@H]1O. The van der Waals surface area contributed by atoms with Gasteiger partial charge in [0.05, 0.1) is 6.54 Å². The number of nitrogens with zero attached hydrogens (tertiary/aromatic N) is 3. The molecule has 6 nitrogen and oxygen atoms in total. The first-order valence-corrected chi connectivity index (χ1v) is 8.61. The number of hydrogen-bond donors (Lipinski definition) is 2. The molecule has 0 aliphatic carbocycles. The number of halogens is 1. The molecule has 1 aromatic heterocycles. The average molecular weight is 402 g/mol. The Bertz CT molecular complexity index is 873. The van der Waals surface area contributed by atoms with Gasteiger partial charge in [-0.25, -0.2) is 9.67 Å². The molecule has 1 aliphatic heterocycles. The quantitative estimate of drug-likeness (QED) is 0.702. The molecule has 0 amide bonds. The molecule has 0 fully saturated rings. The molecule has 0 radical (unpaired) electrons. The van der Waals surface area contributed by atoms with E-state index in [0.29, 0.717) is 16.9 Å². The van der Waals surface area contributed by atoms with Crippen LogP contribution in [0.1, 0.15) is 23.3 Å². The fourth-order valence-corrected chi connectivity index (χ4v) is 3.62. The maximum atomic E-state index is 11.1. The molecule has 0 spiro atoms. The highest BCUT2D eigenvalue weighted by atomic mass is 79.9. The van der Waals surface area contributed by atoms with Gasteiger partial charge in [-0.2, -0.15) is 5.10 Å². The van der Waals surface area contributed by atoms with Gasteiger partial charge >= 0.3 is 0 Å². The standard InChI is InChI=1S/C18H16BrN3O3/c19-13-6-7-15-14(8-13)17(24)18(25-15,9-22-11-20-10-21-22)16(23)12-4-2-1-3-5-12/h1-8,10-11,16-17,23-24H,9H2/t16-,17-,18+/m0/s1. The summed E-state index contributed by atoms with van der Waals surface area (Å²) in [6.07, 6.45) is 0.862. The molecule has 1 aliphatic rings. The molecular weight excluding hydrogens is 386 g/mol. The highest BCUT2D eigenvalue weighted by Gasteiger charge is 2.54. The summed E-state index contributed by atoms with van der Waals surface area (Å²) in [5.41, 5.74) is -0.0175. The highest BCUT2D eigenvalue weighted by Crippen LogP contribution is 2.50. The van der Waals surface area contributed by atoms with E-state index in [9.17, 15) is 10.2 Å². The van der Waals surface area contributed by atoms with Crippen LogP contribution >= 0.6 is 15.9 Å². The first-order chi connectivity index (χ1) is 12.1. The third-order valence-corrected chi connectivity index (χ3v) is 4.98. The molecule has 3 atom stereocenters. The second kappa shape index (κ2) is 6.25. The van der Waals surface area contributed by atoms with Gasteiger partial charge in [0.2, 0.25) is 0 Å². The molecule has 0 unspecified atom stereocenters. The van der Waals surface area contributed by atoms with Crippen LogP contribution in [0.15, 0.2) is 65.7 Å². The number of ether oxygens (including phenoxy) is 1. The van der Waals surface area contributed by atoms with Crippen molar-refractivity contribution >= 4 is 15.9 Å². The van der Waals surface area contributed by atoms with Crippen molar-refractivity contribution in [3.05, 3.63) is 76.8 Å². The van der Waals surface area contributed by atoms with E-state index in [4.69, 9.17) is 4.74 Å². The molecule has 2 heterocycles. The van der Waals surface area contributed by atoms with Crippen molar-refractivity contribution in [3.8, 4) is 5.75 Å². The Morgan fingerprint density at radius 2 is 2.04 bits per heavy atom. The summed E-state index contributed by atoms with van der Waals surface area (Å²) in [6.45, 7) is 0.149. The summed E-state index contributed by atoms with van der Waals surface area (Å²) in [7, 11) is 0. The topological polar surface area (TPSA) is 80.4 Å². The van der Waals surface area contributed by atoms with E-state index in [1.165, 1.54) is 12.7 Å². The molecular formula is C18H16BrN3O3. The Balaban J connectivity index is 1.80. The van der Waals surface area contributed by atoms with Crippen molar-refractivity contribution in [1.29, 1.82) is 0 Å². The zero-order chi connectivity index (χ0) is 17.4. The van der Waals surface area contributed by atoms with Gasteiger partial charge in [0, 0.05) is 10.0 Å². The van der Waals surface area contributed by atoms with Crippen LogP contribution in [0, 0.1) is 0 Å². The third kappa shape index (κ3) is 2.74. The molecule has 7 heteroatoms. The Morgan fingerprint density at radius 3 is 2.76 bits per heavy atom. The molecule has 2 aromatic carbocycles. The minimum Gasteiger partial charge on any atom is -0.479 e. The molecule has 3 aromatic rings. The van der Waals surface area contributed by atoms with E-state index >= 15 is 0 Å². The normalized spacial score (nSPS) is 23.1. The van der Waals surface area contributed by atoms with E-state index in [1.807, 2.05) is 36.4 Å². The summed E-state index contributed by atoms with van der Waals surface area (Å²) in [6, 6.07) is 14.6. The zero-order valence-corrected chi connectivity index (χ0v) is 14.7. The lowest BCUT2D eigenvalue weighted by molar-refractivity contribution is -0.124. The fraction of sp³-hybridized carbons (Fsp3) is 0.222. The zero-order valence-electron chi connectivity index (χ0n) is 13.2. The second-order valence-electron chi connectivity index (χ2n) is 6.05. The van der Waals surface area contributed by atoms with Crippen LogP contribution in [0.2, 0.25) is 0 Å². The summed E-state index contributed by atoms with van der Waals surface area (Å²) < 4.78 is 8.53. The largest absolute Gasteiger partial charge is 0.479 e. The Morgan fingerprint density at radius 1 is 1.24 bits per heavy atom. The predicted octanol–water partition coefficient (Wildman–Crippen LogP) is 2.64. The van der Waals surface area contributed by atoms with Crippen LogP contribution in [0.4, 0.5) is 0 Å². The highest BCUT2D eigenvalue weighted by molar-refractivity contribution is 9.10. The van der Waals surface area contributed by atoms with Crippen LogP contribution in [-0.4, -0.2) is 30.6 Å². The van der Waals surface area contributed by atoms with Crippen LogP contribution < -0.4 is 4.74 Å². The molecule has 25 heavy (non-hydrogen) atoms. The lowest BCUT2D eigenvalue weighted by Crippen LogP contribution is -2.48. The monoisotopic (exact) mass is 401 g/mol. The molecule has 128 valence electrons. The van der Waals surface area contributed by atoms with Gasteiger partial charge in [0.1, 0.15) is 30.6 Å². The van der Waals surface area contributed by atoms with Crippen molar-refractivity contribution in [2.45, 2.75) is 24.4 Å². The van der Waals surface area contributed by atoms with Crippen LogP contribution in [0.3, 0.4) is 0 Å². The lowest BCUT2D eigenvalue weighted by atomic mass is 9.84. The van der Waals surface area contributed by atoms with Crippen molar-refractivity contribution in [1.82, 2.24) is 14.8 Å². The van der Waals surface area contributed by atoms with Crippen molar-refractivity contribution in [3.63, 3.8) is 0 Å². The first-order valence-electron chi connectivity index (χ1n) is 7.82. The van der Waals surface area contributed by atoms with Crippen molar-refractivity contribution < 1.29 is 14.9 Å². The number of aliphatic hydroxyl groups is 2. The second-order valence-corrected chi connectivity index (χ2v) is 6.96. The van der Waals surface area contributed by atoms with Crippen LogP contribution in [0.5, 0.6) is 5.75 Å². The van der Waals surface area contributed by atoms with Crippen molar-refractivity contribution in [2.24, 2.45) is 0 Å². The Hall–Kier alpha value is -2.22. The number of benzene rings is 2. The van der Waals surface area contributed by atoms with E-state index in [-0.39, 0.29) is 6.54 Å². The predicted molar refractivity (Wildman–Crippen MR) is 93.9 cm³/mol. The van der Waals surface area contributed by atoms with Crippen molar-refractivity contribution in [2.75, 3.05) is 0 Å². The Kier molecular flexibility index (Phi) is 4.07. The number of hydrogen-bond acceptors (Lipinski definition) is 5. The fourth-order valence-electron chi connectivity index (χ4n) is 3.25. The Labute approximate surface area is 152 Å². The van der Waals surface area contributed by atoms with E-state index in [1.54, 1.807) is 16.8 Å². The number of rotatable bonds is 4. The maximum Gasteiger partial charge on any atom is 0.188 e. The number of fused-ring (bicyclic) bond motifs is 1. The van der Waals surface area contributed by atoms with Crippen LogP contribution in [-0.2, 0) is 6.54 Å². The first kappa shape index (κ1) is 16.3. The maximum absolute atomic E-state index is 11.1. The van der Waals surface area contributed by atoms with Gasteiger partial charge in [-0.15, -0.1) is 0 Å². The van der Waals surface area contributed by atoms with Gasteiger partial charge in [0.15, 0.2) is 5.60 Å². The average Bonchev–Trinajstić information content (AvgIpc) is 3.23. The molecule has 0 bridgehead atoms. The number of aromatic nitrogens is 3.